The molecule has 0 saturated carbocycles. The van der Waals surface area contributed by atoms with Gasteiger partial charge < -0.3 is 14.8 Å². The number of rotatable bonds is 6. The average molecular weight is 492 g/mol. The molecular weight excluding hydrogens is 473 g/mol. The van der Waals surface area contributed by atoms with Crippen LogP contribution in [0.1, 0.15) is 10.4 Å². The number of nitrogens with one attached hydrogen (secondary N) is 1. The van der Waals surface area contributed by atoms with E-state index in [4.69, 9.17) is 9.47 Å². The molecule has 4 rings (SSSR count). The molecule has 3 aromatic rings. The van der Waals surface area contributed by atoms with Gasteiger partial charge in [-0.2, -0.15) is 4.31 Å². The lowest BCUT2D eigenvalue weighted by Gasteiger charge is -2.26. The lowest BCUT2D eigenvalue weighted by Crippen LogP contribution is -2.40. The number of morpholine rings is 1. The van der Waals surface area contributed by atoms with E-state index in [1.807, 2.05) is 0 Å². The van der Waals surface area contributed by atoms with Gasteiger partial charge in [-0.05, 0) is 60.7 Å². The first-order chi connectivity index (χ1) is 16.2. The van der Waals surface area contributed by atoms with E-state index < -0.39 is 33.4 Å². The van der Waals surface area contributed by atoms with Crippen molar-refractivity contribution in [1.29, 1.82) is 0 Å². The lowest BCUT2D eigenvalue weighted by atomic mass is 10.2. The van der Waals surface area contributed by atoms with Crippen LogP contribution in [0.4, 0.5) is 18.9 Å². The van der Waals surface area contributed by atoms with Crippen LogP contribution >= 0.6 is 0 Å². The van der Waals surface area contributed by atoms with Crippen LogP contribution in [0.3, 0.4) is 0 Å². The van der Waals surface area contributed by atoms with Crippen molar-refractivity contribution in [3.8, 4) is 11.5 Å². The summed E-state index contributed by atoms with van der Waals surface area (Å²) >= 11 is 0. The number of carbonyl (C=O) groups is 1. The quantitative estimate of drug-likeness (QED) is 0.559. The predicted molar refractivity (Wildman–Crippen MR) is 117 cm³/mol. The summed E-state index contributed by atoms with van der Waals surface area (Å²) in [6.07, 6.45) is 0. The molecule has 3 aromatic carbocycles. The number of anilines is 1. The molecule has 0 atom stereocenters. The van der Waals surface area contributed by atoms with Crippen molar-refractivity contribution in [1.82, 2.24) is 4.31 Å². The van der Waals surface area contributed by atoms with E-state index in [1.54, 1.807) is 0 Å². The Bertz CT molecular complexity index is 1310. The Morgan fingerprint density at radius 1 is 0.912 bits per heavy atom. The van der Waals surface area contributed by atoms with E-state index in [-0.39, 0.29) is 53.9 Å². The molecule has 1 aliphatic rings. The Morgan fingerprint density at radius 3 is 2.29 bits per heavy atom. The van der Waals surface area contributed by atoms with Crippen LogP contribution < -0.4 is 10.1 Å². The number of amides is 1. The molecule has 1 heterocycles. The summed E-state index contributed by atoms with van der Waals surface area (Å²) in [5, 5.41) is 2.49. The minimum atomic E-state index is -3.91. The summed E-state index contributed by atoms with van der Waals surface area (Å²) in [6.45, 7) is 0.856. The molecule has 1 amide bonds. The number of nitrogens with zero attached hydrogens (tertiary/aromatic N) is 1. The van der Waals surface area contributed by atoms with Crippen LogP contribution in [-0.2, 0) is 14.8 Å². The minimum Gasteiger partial charge on any atom is -0.455 e. The molecule has 0 bridgehead atoms. The smallest absolute Gasteiger partial charge is 0.255 e. The second-order valence-corrected chi connectivity index (χ2v) is 9.25. The number of ether oxygens (including phenoxy) is 2. The topological polar surface area (TPSA) is 84.9 Å². The Balaban J connectivity index is 1.69. The second-order valence-electron chi connectivity index (χ2n) is 7.31. The van der Waals surface area contributed by atoms with Gasteiger partial charge in [-0.1, -0.05) is 0 Å². The van der Waals surface area contributed by atoms with Gasteiger partial charge in [-0.3, -0.25) is 4.79 Å². The molecule has 7 nitrogen and oxygen atoms in total. The zero-order valence-electron chi connectivity index (χ0n) is 17.6. The van der Waals surface area contributed by atoms with Crippen molar-refractivity contribution in [2.75, 3.05) is 31.6 Å². The molecule has 0 aliphatic carbocycles. The predicted octanol–water partition coefficient (Wildman–Crippen LogP) is 4.17. The standard InChI is InChI=1S/C23H19F3N2O5S/c24-16-2-4-17(5-3-16)33-22-8-6-18(34(30,31)28-9-11-32-12-10-28)14-21(22)27-23(29)15-1-7-19(25)20(26)13-15/h1-8,13-14H,9-12H2,(H,27,29). The highest BCUT2D eigenvalue weighted by Gasteiger charge is 2.27. The summed E-state index contributed by atoms with van der Waals surface area (Å²) in [4.78, 5) is 12.6. The third kappa shape index (κ3) is 5.22. The third-order valence-corrected chi connectivity index (χ3v) is 6.92. The fourth-order valence-electron chi connectivity index (χ4n) is 3.25. The maximum Gasteiger partial charge on any atom is 0.255 e. The average Bonchev–Trinajstić information content (AvgIpc) is 2.83. The van der Waals surface area contributed by atoms with Crippen LogP contribution in [0.25, 0.3) is 0 Å². The van der Waals surface area contributed by atoms with Gasteiger partial charge >= 0.3 is 0 Å². The highest BCUT2D eigenvalue weighted by atomic mass is 32.2. The van der Waals surface area contributed by atoms with E-state index in [1.165, 1.54) is 46.8 Å². The lowest BCUT2D eigenvalue weighted by molar-refractivity contribution is 0.0730. The van der Waals surface area contributed by atoms with Crippen LogP contribution in [0.15, 0.2) is 65.6 Å². The first kappa shape index (κ1) is 23.7. The van der Waals surface area contributed by atoms with Crippen molar-refractivity contribution in [2.24, 2.45) is 0 Å². The van der Waals surface area contributed by atoms with E-state index in [0.29, 0.717) is 0 Å². The fourth-order valence-corrected chi connectivity index (χ4v) is 4.69. The van der Waals surface area contributed by atoms with Gasteiger partial charge in [0.05, 0.1) is 23.8 Å². The summed E-state index contributed by atoms with van der Waals surface area (Å²) in [5.41, 5.74) is -0.221. The largest absolute Gasteiger partial charge is 0.455 e. The molecule has 1 fully saturated rings. The third-order valence-electron chi connectivity index (χ3n) is 5.03. The van der Waals surface area contributed by atoms with Crippen molar-refractivity contribution in [2.45, 2.75) is 4.90 Å². The maximum absolute atomic E-state index is 13.6. The van der Waals surface area contributed by atoms with Gasteiger partial charge in [-0.15, -0.1) is 0 Å². The fraction of sp³-hybridized carbons (Fsp3) is 0.174. The van der Waals surface area contributed by atoms with Gasteiger partial charge in [0, 0.05) is 18.7 Å². The van der Waals surface area contributed by atoms with Gasteiger partial charge in [0.25, 0.3) is 5.91 Å². The van der Waals surface area contributed by atoms with Crippen LogP contribution in [0, 0.1) is 17.5 Å². The number of halogens is 3. The monoisotopic (exact) mass is 492 g/mol. The highest BCUT2D eigenvalue weighted by molar-refractivity contribution is 7.89. The molecule has 1 aliphatic heterocycles. The molecule has 0 aromatic heterocycles. The van der Waals surface area contributed by atoms with Crippen molar-refractivity contribution < 1.29 is 35.9 Å². The highest BCUT2D eigenvalue weighted by Crippen LogP contribution is 2.33. The Kier molecular flexibility index (Phi) is 6.87. The van der Waals surface area contributed by atoms with Crippen LogP contribution in [0.5, 0.6) is 11.5 Å². The maximum atomic E-state index is 13.6. The molecule has 0 unspecified atom stereocenters. The minimum absolute atomic E-state index is 0.0339. The Hall–Kier alpha value is -3.41. The Morgan fingerprint density at radius 2 is 1.62 bits per heavy atom. The summed E-state index contributed by atoms with van der Waals surface area (Å²) < 4.78 is 78.4. The Labute approximate surface area is 193 Å². The molecule has 0 radical (unpaired) electrons. The van der Waals surface area contributed by atoms with Crippen molar-refractivity contribution in [3.05, 3.63) is 83.7 Å². The first-order valence-corrected chi connectivity index (χ1v) is 11.6. The van der Waals surface area contributed by atoms with E-state index in [0.717, 1.165) is 18.2 Å². The summed E-state index contributed by atoms with van der Waals surface area (Å²) in [5.74, 6) is -3.33. The summed E-state index contributed by atoms with van der Waals surface area (Å²) in [6, 6.07) is 11.5. The summed E-state index contributed by atoms with van der Waals surface area (Å²) in [7, 11) is -3.91. The molecule has 0 spiro atoms. The molecule has 1 saturated heterocycles. The number of sulfonamides is 1. The molecule has 11 heteroatoms. The number of carbonyl (C=O) groups excluding carboxylic acids is 1. The van der Waals surface area contributed by atoms with Gasteiger partial charge in [0.15, 0.2) is 17.4 Å². The molecular formula is C23H19F3N2O5S. The van der Waals surface area contributed by atoms with E-state index in [9.17, 15) is 26.4 Å². The van der Waals surface area contributed by atoms with Crippen LogP contribution in [0.2, 0.25) is 0 Å². The number of benzene rings is 3. The second kappa shape index (κ2) is 9.84. The zero-order chi connectivity index (χ0) is 24.3. The number of hydrogen-bond acceptors (Lipinski definition) is 5. The molecule has 1 N–H and O–H groups in total. The van der Waals surface area contributed by atoms with Gasteiger partial charge in [-0.25, -0.2) is 21.6 Å². The normalized spacial score (nSPS) is 14.6. The molecule has 34 heavy (non-hydrogen) atoms. The van der Waals surface area contributed by atoms with Gasteiger partial charge in [0.2, 0.25) is 10.0 Å². The molecule has 178 valence electrons. The van der Waals surface area contributed by atoms with Gasteiger partial charge in [0.1, 0.15) is 11.6 Å². The zero-order valence-corrected chi connectivity index (χ0v) is 18.4. The van der Waals surface area contributed by atoms with Crippen LogP contribution in [-0.4, -0.2) is 44.9 Å². The SMILES string of the molecule is O=C(Nc1cc(S(=O)(=O)N2CCOCC2)ccc1Oc1ccc(F)cc1)c1ccc(F)c(F)c1. The first-order valence-electron chi connectivity index (χ1n) is 10.2. The van der Waals surface area contributed by atoms with Crippen molar-refractivity contribution in [3.63, 3.8) is 0 Å². The van der Waals surface area contributed by atoms with Crippen molar-refractivity contribution >= 4 is 21.6 Å². The number of hydrogen-bond donors (Lipinski definition) is 1. The van der Waals surface area contributed by atoms with E-state index in [2.05, 4.69) is 5.32 Å². The van der Waals surface area contributed by atoms with E-state index >= 15 is 0 Å².